The minimum Gasteiger partial charge on any atom is -0.488 e. The lowest BCUT2D eigenvalue weighted by atomic mass is 10.2. The summed E-state index contributed by atoms with van der Waals surface area (Å²) < 4.78 is 10.4. The molecule has 0 unspecified atom stereocenters. The average Bonchev–Trinajstić information content (AvgIpc) is 2.44. The van der Waals surface area contributed by atoms with E-state index in [4.69, 9.17) is 15.2 Å². The van der Waals surface area contributed by atoms with E-state index in [0.717, 1.165) is 11.1 Å². The highest BCUT2D eigenvalue weighted by molar-refractivity contribution is 5.93. The number of nitrogens with two attached hydrogens (primary N) is 1. The third-order valence-corrected chi connectivity index (χ3v) is 2.74. The number of aromatic nitrogens is 1. The first-order chi connectivity index (χ1) is 9.60. The van der Waals surface area contributed by atoms with Gasteiger partial charge in [0.1, 0.15) is 17.9 Å². The van der Waals surface area contributed by atoms with E-state index in [0.29, 0.717) is 23.6 Å². The van der Waals surface area contributed by atoms with Gasteiger partial charge in [-0.3, -0.25) is 4.98 Å². The van der Waals surface area contributed by atoms with Crippen molar-refractivity contribution in [3.05, 3.63) is 53.3 Å². The van der Waals surface area contributed by atoms with Gasteiger partial charge in [0.2, 0.25) is 0 Å². The molecule has 5 nitrogen and oxygen atoms in total. The smallest absolute Gasteiger partial charge is 0.341 e. The number of carbonyl (C=O) groups is 1. The van der Waals surface area contributed by atoms with Crippen molar-refractivity contribution in [1.29, 1.82) is 0 Å². The molecule has 0 aliphatic rings. The first kappa shape index (κ1) is 13.9. The maximum Gasteiger partial charge on any atom is 0.341 e. The molecule has 0 saturated heterocycles. The summed E-state index contributed by atoms with van der Waals surface area (Å²) in [7, 11) is 1.33. The number of methoxy groups -OCH3 is 1. The van der Waals surface area contributed by atoms with E-state index >= 15 is 0 Å². The predicted molar refractivity (Wildman–Crippen MR) is 75.5 cm³/mol. The van der Waals surface area contributed by atoms with Gasteiger partial charge in [-0.05, 0) is 30.7 Å². The third kappa shape index (κ3) is 3.26. The quantitative estimate of drug-likeness (QED) is 0.683. The maximum absolute atomic E-state index is 11.7. The molecular formula is C15H16N2O3. The number of hydrogen-bond acceptors (Lipinski definition) is 5. The van der Waals surface area contributed by atoms with Crippen LogP contribution >= 0.6 is 0 Å². The van der Waals surface area contributed by atoms with Gasteiger partial charge in [-0.15, -0.1) is 0 Å². The molecule has 0 spiro atoms. The molecule has 0 saturated carbocycles. The van der Waals surface area contributed by atoms with E-state index in [-0.39, 0.29) is 0 Å². The molecule has 0 aliphatic carbocycles. The Bertz CT molecular complexity index is 626. The molecule has 1 aromatic carbocycles. The number of ether oxygens (including phenoxy) is 2. The van der Waals surface area contributed by atoms with Gasteiger partial charge in [-0.2, -0.15) is 0 Å². The van der Waals surface area contributed by atoms with Crippen molar-refractivity contribution in [2.75, 3.05) is 12.8 Å². The number of carbonyl (C=O) groups excluding carboxylic acids is 1. The normalized spacial score (nSPS) is 10.1. The number of nitrogen functional groups attached to an aromatic ring is 1. The fourth-order valence-corrected chi connectivity index (χ4v) is 1.79. The monoisotopic (exact) mass is 272 g/mol. The second kappa shape index (κ2) is 6.06. The van der Waals surface area contributed by atoms with Gasteiger partial charge in [0.15, 0.2) is 0 Å². The van der Waals surface area contributed by atoms with E-state index in [1.54, 1.807) is 30.6 Å². The molecule has 2 rings (SSSR count). The van der Waals surface area contributed by atoms with Gasteiger partial charge in [-0.25, -0.2) is 4.79 Å². The summed E-state index contributed by atoms with van der Waals surface area (Å²) in [5.41, 5.74) is 8.56. The zero-order valence-electron chi connectivity index (χ0n) is 11.4. The minimum absolute atomic E-state index is 0.308. The Hall–Kier alpha value is -2.56. The van der Waals surface area contributed by atoms with Crippen molar-refractivity contribution in [2.24, 2.45) is 0 Å². The lowest BCUT2D eigenvalue weighted by Crippen LogP contribution is -2.06. The summed E-state index contributed by atoms with van der Waals surface area (Å²) in [6, 6.07) is 6.80. The van der Waals surface area contributed by atoms with Gasteiger partial charge in [0.05, 0.1) is 7.11 Å². The number of rotatable bonds is 4. The fourth-order valence-electron chi connectivity index (χ4n) is 1.79. The van der Waals surface area contributed by atoms with Crippen molar-refractivity contribution in [2.45, 2.75) is 13.5 Å². The second-order valence-electron chi connectivity index (χ2n) is 4.41. The molecule has 0 fully saturated rings. The highest BCUT2D eigenvalue weighted by Gasteiger charge is 2.13. The summed E-state index contributed by atoms with van der Waals surface area (Å²) in [5.74, 6) is -0.0549. The molecule has 0 atom stereocenters. The Morgan fingerprint density at radius 2 is 2.10 bits per heavy atom. The topological polar surface area (TPSA) is 74.4 Å². The van der Waals surface area contributed by atoms with E-state index in [9.17, 15) is 4.79 Å². The largest absolute Gasteiger partial charge is 0.488 e. The molecule has 1 aromatic heterocycles. The lowest BCUT2D eigenvalue weighted by molar-refractivity contribution is 0.0595. The van der Waals surface area contributed by atoms with Crippen molar-refractivity contribution < 1.29 is 14.3 Å². The molecule has 0 amide bonds. The Balaban J connectivity index is 2.20. The molecule has 0 radical (unpaired) electrons. The zero-order valence-corrected chi connectivity index (χ0v) is 11.4. The highest BCUT2D eigenvalue weighted by atomic mass is 16.5. The van der Waals surface area contributed by atoms with Gasteiger partial charge < -0.3 is 15.2 Å². The highest BCUT2D eigenvalue weighted by Crippen LogP contribution is 2.23. The molecule has 104 valence electrons. The molecule has 1 heterocycles. The van der Waals surface area contributed by atoms with Crippen LogP contribution in [0.15, 0.2) is 36.7 Å². The minimum atomic E-state index is -0.456. The van der Waals surface area contributed by atoms with Crippen LogP contribution in [0.2, 0.25) is 0 Å². The molecule has 20 heavy (non-hydrogen) atoms. The van der Waals surface area contributed by atoms with Crippen LogP contribution in [0.25, 0.3) is 0 Å². The van der Waals surface area contributed by atoms with Crippen molar-refractivity contribution in [3.63, 3.8) is 0 Å². The first-order valence-electron chi connectivity index (χ1n) is 6.11. The number of nitrogens with zero attached hydrogens (tertiary/aromatic N) is 1. The van der Waals surface area contributed by atoms with Crippen LogP contribution in [0, 0.1) is 6.92 Å². The molecular weight excluding hydrogens is 256 g/mol. The van der Waals surface area contributed by atoms with Gasteiger partial charge in [0.25, 0.3) is 0 Å². The number of anilines is 1. The van der Waals surface area contributed by atoms with Crippen LogP contribution in [0.1, 0.15) is 21.5 Å². The van der Waals surface area contributed by atoms with Crippen LogP contribution < -0.4 is 10.5 Å². The zero-order chi connectivity index (χ0) is 14.5. The molecule has 5 heteroatoms. The van der Waals surface area contributed by atoms with Gasteiger partial charge in [-0.1, -0.05) is 0 Å². The Labute approximate surface area is 117 Å². The lowest BCUT2D eigenvalue weighted by Gasteiger charge is -2.11. The third-order valence-electron chi connectivity index (χ3n) is 2.74. The molecule has 0 bridgehead atoms. The maximum atomic E-state index is 11.7. The van der Waals surface area contributed by atoms with E-state index in [2.05, 4.69) is 4.98 Å². The predicted octanol–water partition coefficient (Wildman–Crippen LogP) is 2.34. The van der Waals surface area contributed by atoms with Crippen molar-refractivity contribution in [1.82, 2.24) is 4.98 Å². The van der Waals surface area contributed by atoms with Crippen molar-refractivity contribution in [3.8, 4) is 5.75 Å². The average molecular weight is 272 g/mol. The van der Waals surface area contributed by atoms with E-state index < -0.39 is 5.97 Å². The summed E-state index contributed by atoms with van der Waals surface area (Å²) in [5, 5.41) is 0. The van der Waals surface area contributed by atoms with Gasteiger partial charge in [0, 0.05) is 29.7 Å². The number of benzene rings is 1. The summed E-state index contributed by atoms with van der Waals surface area (Å²) in [6.45, 7) is 2.26. The summed E-state index contributed by atoms with van der Waals surface area (Å²) >= 11 is 0. The van der Waals surface area contributed by atoms with Crippen LogP contribution in [0.3, 0.4) is 0 Å². The summed E-state index contributed by atoms with van der Waals surface area (Å²) in [6.07, 6.45) is 3.49. The molecule has 2 N–H and O–H groups in total. The molecule has 2 aromatic rings. The van der Waals surface area contributed by atoms with Crippen LogP contribution in [-0.2, 0) is 11.3 Å². The number of hydrogen-bond donors (Lipinski definition) is 1. The number of esters is 1. The standard InChI is InChI=1S/C15H16N2O3/c1-10-5-11(8-17-7-10)9-20-14-6-12(16)3-4-13(14)15(18)19-2/h3-8H,9,16H2,1-2H3. The van der Waals surface area contributed by atoms with Gasteiger partial charge >= 0.3 is 5.97 Å². The van der Waals surface area contributed by atoms with E-state index in [1.807, 2.05) is 13.0 Å². The van der Waals surface area contributed by atoms with Crippen LogP contribution in [-0.4, -0.2) is 18.1 Å². The first-order valence-corrected chi connectivity index (χ1v) is 6.11. The Morgan fingerprint density at radius 3 is 2.80 bits per heavy atom. The van der Waals surface area contributed by atoms with Crippen LogP contribution in [0.4, 0.5) is 5.69 Å². The van der Waals surface area contributed by atoms with Crippen LogP contribution in [0.5, 0.6) is 5.75 Å². The SMILES string of the molecule is COC(=O)c1ccc(N)cc1OCc1cncc(C)c1. The second-order valence-corrected chi connectivity index (χ2v) is 4.41. The number of aryl methyl sites for hydroxylation is 1. The fraction of sp³-hybridized carbons (Fsp3) is 0.200. The summed E-state index contributed by atoms with van der Waals surface area (Å²) in [4.78, 5) is 15.7. The number of pyridine rings is 1. The van der Waals surface area contributed by atoms with E-state index in [1.165, 1.54) is 7.11 Å². The Morgan fingerprint density at radius 1 is 1.30 bits per heavy atom. The Kier molecular flexibility index (Phi) is 4.20. The van der Waals surface area contributed by atoms with Crippen molar-refractivity contribution >= 4 is 11.7 Å². The molecule has 0 aliphatic heterocycles.